The number of anilines is 1. The first kappa shape index (κ1) is 14.3. The molecule has 0 aliphatic rings. The summed E-state index contributed by atoms with van der Waals surface area (Å²) in [4.78, 5) is 11.2. The van der Waals surface area contributed by atoms with Crippen LogP contribution < -0.4 is 5.73 Å². The molecule has 0 heterocycles. The van der Waals surface area contributed by atoms with Gasteiger partial charge in [-0.2, -0.15) is 13.2 Å². The predicted molar refractivity (Wildman–Crippen MR) is 61.1 cm³/mol. The normalized spacial score (nSPS) is 15.2. The molecule has 0 bridgehead atoms. The molecule has 0 saturated heterocycles. The fourth-order valence-corrected chi connectivity index (χ4v) is 1.67. The zero-order chi connectivity index (χ0) is 14.1. The molecule has 0 spiro atoms. The van der Waals surface area contributed by atoms with Gasteiger partial charge in [0.1, 0.15) is 0 Å². The largest absolute Gasteiger partial charge is 0.481 e. The summed E-state index contributed by atoms with van der Waals surface area (Å²) in [6.45, 7) is 2.95. The van der Waals surface area contributed by atoms with E-state index in [9.17, 15) is 18.0 Å². The molecule has 3 N–H and O–H groups in total. The van der Waals surface area contributed by atoms with Crippen molar-refractivity contribution in [3.05, 3.63) is 29.3 Å². The van der Waals surface area contributed by atoms with Gasteiger partial charge in [-0.15, -0.1) is 0 Å². The molecule has 0 saturated carbocycles. The highest BCUT2D eigenvalue weighted by molar-refractivity contribution is 5.83. The molecule has 0 amide bonds. The van der Waals surface area contributed by atoms with Crippen molar-refractivity contribution in [2.45, 2.75) is 31.9 Å². The average Bonchev–Trinajstić information content (AvgIpc) is 2.26. The zero-order valence-electron chi connectivity index (χ0n) is 10.0. The number of nitrogen functional groups attached to an aromatic ring is 1. The van der Waals surface area contributed by atoms with Gasteiger partial charge in [-0.05, 0) is 37.1 Å². The van der Waals surface area contributed by atoms with E-state index in [-0.39, 0.29) is 17.7 Å². The topological polar surface area (TPSA) is 63.3 Å². The van der Waals surface area contributed by atoms with Gasteiger partial charge in [-0.25, -0.2) is 0 Å². The van der Waals surface area contributed by atoms with Crippen LogP contribution in [0.15, 0.2) is 18.2 Å². The number of rotatable bonds is 3. The molecule has 100 valence electrons. The van der Waals surface area contributed by atoms with Gasteiger partial charge in [0.2, 0.25) is 0 Å². The number of nitrogens with two attached hydrogens (primary N) is 1. The Morgan fingerprint density at radius 2 is 1.94 bits per heavy atom. The summed E-state index contributed by atoms with van der Waals surface area (Å²) in [6, 6.07) is 2.75. The van der Waals surface area contributed by atoms with Crippen molar-refractivity contribution in [3.8, 4) is 0 Å². The smallest absolute Gasteiger partial charge is 0.416 e. The van der Waals surface area contributed by atoms with Crippen LogP contribution in [0.25, 0.3) is 0 Å². The van der Waals surface area contributed by atoms with Gasteiger partial charge in [0.15, 0.2) is 0 Å². The van der Waals surface area contributed by atoms with E-state index >= 15 is 0 Å². The van der Waals surface area contributed by atoms with Crippen LogP contribution in [0.4, 0.5) is 18.9 Å². The average molecular weight is 261 g/mol. The Bertz CT molecular complexity index is 471. The third kappa shape index (κ3) is 2.42. The van der Waals surface area contributed by atoms with E-state index in [4.69, 9.17) is 10.8 Å². The second kappa shape index (κ2) is 4.51. The van der Waals surface area contributed by atoms with Crippen LogP contribution in [-0.2, 0) is 16.4 Å². The predicted octanol–water partition coefficient (Wildman–Crippen LogP) is 3.04. The maximum atomic E-state index is 12.6. The number of alkyl halides is 3. The number of hydrogen-bond acceptors (Lipinski definition) is 2. The molecule has 0 aliphatic heterocycles. The van der Waals surface area contributed by atoms with Crippen LogP contribution in [0.2, 0.25) is 0 Å². The minimum absolute atomic E-state index is 0.00711. The van der Waals surface area contributed by atoms with Crippen molar-refractivity contribution in [2.75, 3.05) is 5.73 Å². The van der Waals surface area contributed by atoms with Crippen LogP contribution in [0, 0.1) is 0 Å². The van der Waals surface area contributed by atoms with E-state index in [0.29, 0.717) is 0 Å². The summed E-state index contributed by atoms with van der Waals surface area (Å²) >= 11 is 0. The molecule has 1 aromatic rings. The minimum atomic E-state index is -4.52. The Kier molecular flexibility index (Phi) is 3.59. The standard InChI is InChI=1S/C12H14F3NO2/c1-3-11(2,10(17)18)8-6-7(12(13,14)15)4-5-9(8)16/h4-6H,3,16H2,1-2H3,(H,17,18). The Balaban J connectivity index is 3.44. The molecule has 1 rings (SSSR count). The summed E-state index contributed by atoms with van der Waals surface area (Å²) < 4.78 is 37.8. The molecular weight excluding hydrogens is 247 g/mol. The van der Waals surface area contributed by atoms with E-state index in [1.807, 2.05) is 0 Å². The molecule has 1 atom stereocenters. The molecule has 3 nitrogen and oxygen atoms in total. The van der Waals surface area contributed by atoms with Crippen LogP contribution in [0.3, 0.4) is 0 Å². The fraction of sp³-hybridized carbons (Fsp3) is 0.417. The van der Waals surface area contributed by atoms with Gasteiger partial charge in [-0.1, -0.05) is 6.92 Å². The molecule has 0 fully saturated rings. The summed E-state index contributed by atoms with van der Waals surface area (Å²) in [6.07, 6.45) is -4.37. The summed E-state index contributed by atoms with van der Waals surface area (Å²) in [5.41, 5.74) is 3.32. The third-order valence-corrected chi connectivity index (χ3v) is 3.15. The lowest BCUT2D eigenvalue weighted by molar-refractivity contribution is -0.144. The van der Waals surface area contributed by atoms with Gasteiger partial charge in [0, 0.05) is 5.69 Å². The fourth-order valence-electron chi connectivity index (χ4n) is 1.67. The van der Waals surface area contributed by atoms with E-state index in [2.05, 4.69) is 0 Å². The quantitative estimate of drug-likeness (QED) is 0.822. The van der Waals surface area contributed by atoms with Crippen molar-refractivity contribution in [1.82, 2.24) is 0 Å². The molecule has 0 radical (unpaired) electrons. The highest BCUT2D eigenvalue weighted by Gasteiger charge is 2.38. The Labute approximate surface area is 102 Å². The van der Waals surface area contributed by atoms with Crippen LogP contribution in [0.5, 0.6) is 0 Å². The zero-order valence-corrected chi connectivity index (χ0v) is 10.0. The molecular formula is C12H14F3NO2. The van der Waals surface area contributed by atoms with E-state index in [1.54, 1.807) is 6.92 Å². The molecule has 0 aromatic heterocycles. The molecule has 18 heavy (non-hydrogen) atoms. The first-order chi connectivity index (χ1) is 8.13. The lowest BCUT2D eigenvalue weighted by Gasteiger charge is -2.26. The van der Waals surface area contributed by atoms with E-state index in [0.717, 1.165) is 18.2 Å². The number of halogens is 3. The third-order valence-electron chi connectivity index (χ3n) is 3.15. The highest BCUT2D eigenvalue weighted by Crippen LogP contribution is 2.37. The Hall–Kier alpha value is -1.72. The number of aliphatic carboxylic acids is 1. The maximum Gasteiger partial charge on any atom is 0.416 e. The Morgan fingerprint density at radius 1 is 1.39 bits per heavy atom. The second-order valence-corrected chi connectivity index (χ2v) is 4.29. The number of hydrogen-bond donors (Lipinski definition) is 2. The van der Waals surface area contributed by atoms with Gasteiger partial charge in [0.25, 0.3) is 0 Å². The van der Waals surface area contributed by atoms with Crippen molar-refractivity contribution >= 4 is 11.7 Å². The number of carboxylic acid groups (broad SMARTS) is 1. The van der Waals surface area contributed by atoms with Crippen molar-refractivity contribution in [3.63, 3.8) is 0 Å². The van der Waals surface area contributed by atoms with Crippen LogP contribution in [0.1, 0.15) is 31.4 Å². The van der Waals surface area contributed by atoms with Crippen LogP contribution in [-0.4, -0.2) is 11.1 Å². The molecule has 1 aromatic carbocycles. The van der Waals surface area contributed by atoms with Gasteiger partial charge in [-0.3, -0.25) is 4.79 Å². The summed E-state index contributed by atoms with van der Waals surface area (Å²) in [5, 5.41) is 9.17. The summed E-state index contributed by atoms with van der Waals surface area (Å²) in [7, 11) is 0. The number of carboxylic acids is 1. The maximum absolute atomic E-state index is 12.6. The molecule has 0 aliphatic carbocycles. The lowest BCUT2D eigenvalue weighted by atomic mass is 9.78. The second-order valence-electron chi connectivity index (χ2n) is 4.29. The van der Waals surface area contributed by atoms with Crippen molar-refractivity contribution in [1.29, 1.82) is 0 Å². The first-order valence-electron chi connectivity index (χ1n) is 5.33. The highest BCUT2D eigenvalue weighted by atomic mass is 19.4. The number of carbonyl (C=O) groups is 1. The first-order valence-corrected chi connectivity index (χ1v) is 5.33. The molecule has 6 heteroatoms. The lowest BCUT2D eigenvalue weighted by Crippen LogP contribution is -2.32. The monoisotopic (exact) mass is 261 g/mol. The van der Waals surface area contributed by atoms with Gasteiger partial charge >= 0.3 is 12.1 Å². The van der Waals surface area contributed by atoms with Crippen LogP contribution >= 0.6 is 0 Å². The van der Waals surface area contributed by atoms with E-state index < -0.39 is 23.1 Å². The van der Waals surface area contributed by atoms with Gasteiger partial charge < -0.3 is 10.8 Å². The minimum Gasteiger partial charge on any atom is -0.481 e. The van der Waals surface area contributed by atoms with Gasteiger partial charge in [0.05, 0.1) is 11.0 Å². The molecule has 1 unspecified atom stereocenters. The summed E-state index contributed by atoms with van der Waals surface area (Å²) in [5.74, 6) is -1.20. The Morgan fingerprint density at radius 3 is 2.33 bits per heavy atom. The SMILES string of the molecule is CCC(C)(C(=O)O)c1cc(C(F)(F)F)ccc1N. The van der Waals surface area contributed by atoms with E-state index in [1.165, 1.54) is 6.92 Å². The van der Waals surface area contributed by atoms with Crippen molar-refractivity contribution in [2.24, 2.45) is 0 Å². The number of benzene rings is 1. The van der Waals surface area contributed by atoms with Crippen molar-refractivity contribution < 1.29 is 23.1 Å².